The molecule has 1 aliphatic carbocycles. The van der Waals surface area contributed by atoms with Gasteiger partial charge in [0.25, 0.3) is 0 Å². The number of aliphatic carboxylic acids is 1. The van der Waals surface area contributed by atoms with Crippen LogP contribution in [0.2, 0.25) is 0 Å². The van der Waals surface area contributed by atoms with Crippen LogP contribution in [0.4, 0.5) is 0 Å². The first kappa shape index (κ1) is 10.4. The molecule has 2 rings (SSSR count). The van der Waals surface area contributed by atoms with Crippen LogP contribution in [-0.2, 0) is 14.8 Å². The van der Waals surface area contributed by atoms with Crippen molar-refractivity contribution >= 4 is 31.9 Å². The molecule has 1 saturated heterocycles. The summed E-state index contributed by atoms with van der Waals surface area (Å²) in [5.41, 5.74) is -0.769. The van der Waals surface area contributed by atoms with Crippen LogP contribution in [0.25, 0.3) is 0 Å². The first-order valence-corrected chi connectivity index (χ1v) is 6.92. The van der Waals surface area contributed by atoms with E-state index < -0.39 is 21.4 Å². The molecule has 1 aliphatic heterocycles. The van der Waals surface area contributed by atoms with Gasteiger partial charge in [0.15, 0.2) is 0 Å². The molecule has 0 aromatic carbocycles. The Morgan fingerprint density at radius 1 is 1.64 bits per heavy atom. The highest BCUT2D eigenvalue weighted by Gasteiger charge is 2.66. The van der Waals surface area contributed by atoms with E-state index in [9.17, 15) is 13.2 Å². The third kappa shape index (κ3) is 1.30. The van der Waals surface area contributed by atoms with E-state index in [2.05, 4.69) is 15.9 Å². The second-order valence-electron chi connectivity index (χ2n) is 3.88. The summed E-state index contributed by atoms with van der Waals surface area (Å²) < 4.78 is 24.0. The molecular weight excluding hydrogens is 274 g/mol. The first-order valence-electron chi connectivity index (χ1n) is 4.19. The van der Waals surface area contributed by atoms with Gasteiger partial charge in [-0.2, -0.15) is 4.31 Å². The normalized spacial score (nSPS) is 36.8. The van der Waals surface area contributed by atoms with Crippen molar-refractivity contribution < 1.29 is 18.3 Å². The van der Waals surface area contributed by atoms with Gasteiger partial charge in [0.1, 0.15) is 4.66 Å². The van der Waals surface area contributed by atoms with Gasteiger partial charge in [-0.3, -0.25) is 4.79 Å². The topological polar surface area (TPSA) is 74.7 Å². The molecule has 2 atom stereocenters. The Morgan fingerprint density at radius 2 is 2.29 bits per heavy atom. The quantitative estimate of drug-likeness (QED) is 0.744. The molecule has 2 aliphatic rings. The number of fused-ring (bicyclic) bond motifs is 1. The predicted octanol–water partition coefficient (Wildman–Crippen LogP) is 0.0751. The lowest BCUT2D eigenvalue weighted by Gasteiger charge is -2.17. The Bertz CT molecular complexity index is 381. The Hall–Kier alpha value is -0.140. The number of hydrogen-bond donors (Lipinski definition) is 1. The van der Waals surface area contributed by atoms with Crippen molar-refractivity contribution in [2.24, 2.45) is 11.3 Å². The zero-order valence-corrected chi connectivity index (χ0v) is 9.71. The average molecular weight is 284 g/mol. The second kappa shape index (κ2) is 2.93. The highest BCUT2D eigenvalue weighted by Crippen LogP contribution is 2.58. The molecule has 0 spiro atoms. The van der Waals surface area contributed by atoms with Crippen LogP contribution >= 0.6 is 15.9 Å². The number of nitrogens with zero attached hydrogens (tertiary/aromatic N) is 1. The average Bonchev–Trinajstić information content (AvgIpc) is 2.70. The monoisotopic (exact) mass is 283 g/mol. The summed E-state index contributed by atoms with van der Waals surface area (Å²) in [7, 11) is -3.29. The maximum absolute atomic E-state index is 11.4. The first-order chi connectivity index (χ1) is 6.42. The number of halogens is 1. The molecular formula is C7H10BrNO4S. The van der Waals surface area contributed by atoms with Crippen LogP contribution < -0.4 is 0 Å². The van der Waals surface area contributed by atoms with Gasteiger partial charge in [0, 0.05) is 13.1 Å². The van der Waals surface area contributed by atoms with E-state index in [0.717, 1.165) is 0 Å². The standard InChI is InChI=1S/C7H10BrNO4S/c8-4-14(12,13)9-2-5-1-7(5,3-9)6(10)11/h5H,1-4H2,(H,10,11). The molecule has 0 amide bonds. The molecule has 1 saturated carbocycles. The van der Waals surface area contributed by atoms with Gasteiger partial charge in [-0.15, -0.1) is 0 Å². The van der Waals surface area contributed by atoms with Gasteiger partial charge >= 0.3 is 5.97 Å². The fourth-order valence-corrected chi connectivity index (χ4v) is 3.89. The molecule has 0 aromatic heterocycles. The summed E-state index contributed by atoms with van der Waals surface area (Å²) in [6.07, 6.45) is 0.622. The Balaban J connectivity index is 2.15. The van der Waals surface area contributed by atoms with Crippen molar-refractivity contribution in [3.05, 3.63) is 0 Å². The largest absolute Gasteiger partial charge is 0.481 e. The maximum Gasteiger partial charge on any atom is 0.311 e. The molecule has 1 N–H and O–H groups in total. The maximum atomic E-state index is 11.4. The van der Waals surface area contributed by atoms with Crippen molar-refractivity contribution in [3.63, 3.8) is 0 Å². The smallest absolute Gasteiger partial charge is 0.311 e. The Morgan fingerprint density at radius 3 is 2.71 bits per heavy atom. The molecule has 2 fully saturated rings. The number of alkyl halides is 1. The van der Waals surface area contributed by atoms with Crippen LogP contribution in [-0.4, -0.2) is 41.6 Å². The van der Waals surface area contributed by atoms with E-state index in [4.69, 9.17) is 5.11 Å². The zero-order valence-electron chi connectivity index (χ0n) is 7.31. The van der Waals surface area contributed by atoms with E-state index >= 15 is 0 Å². The highest BCUT2D eigenvalue weighted by atomic mass is 79.9. The van der Waals surface area contributed by atoms with Gasteiger partial charge in [-0.1, -0.05) is 15.9 Å². The van der Waals surface area contributed by atoms with Crippen LogP contribution in [0.3, 0.4) is 0 Å². The van der Waals surface area contributed by atoms with E-state index in [-0.39, 0.29) is 17.1 Å². The molecule has 14 heavy (non-hydrogen) atoms. The molecule has 1 heterocycles. The minimum Gasteiger partial charge on any atom is -0.481 e. The summed E-state index contributed by atoms with van der Waals surface area (Å²) in [5.74, 6) is -0.844. The van der Waals surface area contributed by atoms with Crippen LogP contribution in [0, 0.1) is 11.3 Å². The van der Waals surface area contributed by atoms with Crippen molar-refractivity contribution in [1.29, 1.82) is 0 Å². The zero-order chi connectivity index (χ0) is 10.6. The fourth-order valence-electron chi connectivity index (χ4n) is 2.05. The SMILES string of the molecule is O=C(O)C12CC1CN(S(=O)(=O)CBr)C2. The van der Waals surface area contributed by atoms with E-state index in [1.54, 1.807) is 0 Å². The third-order valence-electron chi connectivity index (χ3n) is 3.07. The molecule has 2 unspecified atom stereocenters. The summed E-state index contributed by atoms with van der Waals surface area (Å²) in [4.78, 5) is 10.9. The highest BCUT2D eigenvalue weighted by molar-refractivity contribution is 9.10. The van der Waals surface area contributed by atoms with Gasteiger partial charge < -0.3 is 5.11 Å². The number of hydrogen-bond acceptors (Lipinski definition) is 3. The lowest BCUT2D eigenvalue weighted by molar-refractivity contribution is -0.143. The van der Waals surface area contributed by atoms with E-state index in [0.29, 0.717) is 13.0 Å². The number of carboxylic acid groups (broad SMARTS) is 1. The van der Waals surface area contributed by atoms with Gasteiger partial charge in [0.2, 0.25) is 10.0 Å². The van der Waals surface area contributed by atoms with Crippen molar-refractivity contribution in [1.82, 2.24) is 4.31 Å². The van der Waals surface area contributed by atoms with Gasteiger partial charge in [-0.05, 0) is 12.3 Å². The predicted molar refractivity (Wildman–Crippen MR) is 52.5 cm³/mol. The lowest BCUT2D eigenvalue weighted by atomic mass is 10.1. The fraction of sp³-hybridized carbons (Fsp3) is 0.857. The minimum atomic E-state index is -3.29. The van der Waals surface area contributed by atoms with Crippen LogP contribution in [0.15, 0.2) is 0 Å². The Labute approximate surface area is 90.3 Å². The number of rotatable bonds is 3. The molecule has 7 heteroatoms. The summed E-state index contributed by atoms with van der Waals surface area (Å²) in [5, 5.41) is 8.94. The van der Waals surface area contributed by atoms with Gasteiger partial charge in [0.05, 0.1) is 5.41 Å². The summed E-state index contributed by atoms with van der Waals surface area (Å²) in [6, 6.07) is 0. The van der Waals surface area contributed by atoms with Crippen molar-refractivity contribution in [2.45, 2.75) is 6.42 Å². The third-order valence-corrected chi connectivity index (χ3v) is 6.15. The van der Waals surface area contributed by atoms with E-state index in [1.165, 1.54) is 4.31 Å². The second-order valence-corrected chi connectivity index (χ2v) is 7.15. The summed E-state index contributed by atoms with van der Waals surface area (Å²) in [6.45, 7) is 0.501. The number of piperidine rings is 1. The minimum absolute atomic E-state index is 0.0221. The molecule has 0 aromatic rings. The van der Waals surface area contributed by atoms with Crippen LogP contribution in [0.5, 0.6) is 0 Å². The lowest BCUT2D eigenvalue weighted by Crippen LogP contribution is -2.34. The molecule has 0 radical (unpaired) electrons. The molecule has 0 bridgehead atoms. The van der Waals surface area contributed by atoms with Gasteiger partial charge in [-0.25, -0.2) is 8.42 Å². The van der Waals surface area contributed by atoms with Crippen molar-refractivity contribution in [3.8, 4) is 0 Å². The molecule has 80 valence electrons. The number of carbonyl (C=O) groups is 1. The van der Waals surface area contributed by atoms with E-state index in [1.807, 2.05) is 0 Å². The van der Waals surface area contributed by atoms with Crippen molar-refractivity contribution in [2.75, 3.05) is 17.8 Å². The number of carboxylic acids is 1. The Kier molecular flexibility index (Phi) is 2.17. The molecule has 5 nitrogen and oxygen atoms in total. The van der Waals surface area contributed by atoms with Crippen LogP contribution in [0.1, 0.15) is 6.42 Å². The summed E-state index contributed by atoms with van der Waals surface area (Å²) >= 11 is 2.89. The number of sulfonamides is 1.